The molecule has 14 rings (SSSR count). The molecule has 0 N–H and O–H groups in total. The first-order chi connectivity index (χ1) is 35.4. The molecule has 72 heavy (non-hydrogen) atoms. The Balaban J connectivity index is 0.000000156. The average Bonchev–Trinajstić information content (AvgIpc) is 3.46. The van der Waals surface area contributed by atoms with E-state index in [1.807, 2.05) is 34.1 Å². The van der Waals surface area contributed by atoms with Crippen LogP contribution in [0.4, 0.5) is 9.59 Å². The lowest BCUT2D eigenvalue weighted by Crippen LogP contribution is -2.51. The van der Waals surface area contributed by atoms with Gasteiger partial charge >= 0.3 is 12.2 Å². The molecule has 0 spiro atoms. The SMILES string of the molecule is O=C(OCC12CCN(CC1)CC2)N1CCc2ccccc2[C@@H]1c1ccc(OCc2cncnc2)cc1.O=C(OCC12CCN(CC1)CC2)N1CCc2ccccc2[C@H]1c1ccc(OCc2cncnc2)cc1. The topological polar surface area (TPSA) is 136 Å². The fraction of sp³-hybridized carbons (Fsp3) is 0.414. The van der Waals surface area contributed by atoms with Crippen LogP contribution in [-0.4, -0.2) is 117 Å². The van der Waals surface area contributed by atoms with Gasteiger partial charge in [0.2, 0.25) is 0 Å². The number of hydrogen-bond acceptors (Lipinski definition) is 12. The number of fused-ring (bicyclic) bond motifs is 8. The van der Waals surface area contributed by atoms with Gasteiger partial charge in [0.25, 0.3) is 0 Å². The minimum atomic E-state index is -0.207. The molecular formula is C58H64N8O6. The molecule has 8 aliphatic rings. The third-order valence-corrected chi connectivity index (χ3v) is 16.2. The van der Waals surface area contributed by atoms with Gasteiger partial charge < -0.3 is 28.7 Å². The van der Waals surface area contributed by atoms with Gasteiger partial charge in [-0.1, -0.05) is 72.8 Å². The van der Waals surface area contributed by atoms with Gasteiger partial charge in [0.15, 0.2) is 0 Å². The largest absolute Gasteiger partial charge is 0.489 e. The second-order valence-electron chi connectivity index (χ2n) is 20.6. The summed E-state index contributed by atoms with van der Waals surface area (Å²) in [7, 11) is 0. The molecule has 6 fully saturated rings. The highest BCUT2D eigenvalue weighted by atomic mass is 16.6. The lowest BCUT2D eigenvalue weighted by molar-refractivity contribution is -0.0301. The van der Waals surface area contributed by atoms with Crippen LogP contribution in [0.5, 0.6) is 11.5 Å². The summed E-state index contributed by atoms with van der Waals surface area (Å²) in [5, 5.41) is 0. The van der Waals surface area contributed by atoms with Crippen molar-refractivity contribution in [3.05, 3.63) is 179 Å². The van der Waals surface area contributed by atoms with E-state index in [0.29, 0.717) is 39.5 Å². The number of nitrogens with zero attached hydrogens (tertiary/aromatic N) is 8. The fourth-order valence-corrected chi connectivity index (χ4v) is 11.7. The van der Waals surface area contributed by atoms with Gasteiger partial charge in [-0.2, -0.15) is 0 Å². The molecule has 2 amide bonds. The van der Waals surface area contributed by atoms with E-state index in [9.17, 15) is 9.59 Å². The zero-order chi connectivity index (χ0) is 48.7. The summed E-state index contributed by atoms with van der Waals surface area (Å²) in [5.41, 5.74) is 9.17. The first-order valence-electron chi connectivity index (χ1n) is 25.8. The van der Waals surface area contributed by atoms with Crippen molar-refractivity contribution < 1.29 is 28.5 Å². The molecule has 0 radical (unpaired) electrons. The van der Waals surface area contributed by atoms with Crippen molar-refractivity contribution >= 4 is 12.2 Å². The Kier molecular flexibility index (Phi) is 14.1. The maximum Gasteiger partial charge on any atom is 0.410 e. The van der Waals surface area contributed by atoms with Gasteiger partial charge in [-0.05, 0) is 148 Å². The van der Waals surface area contributed by atoms with Gasteiger partial charge in [0, 0.05) is 59.8 Å². The number of ether oxygens (including phenoxy) is 4. The first kappa shape index (κ1) is 47.4. The Labute approximate surface area is 422 Å². The average molecular weight is 969 g/mol. The van der Waals surface area contributed by atoms with Gasteiger partial charge in [-0.15, -0.1) is 0 Å². The zero-order valence-electron chi connectivity index (χ0n) is 41.0. The predicted octanol–water partition coefficient (Wildman–Crippen LogP) is 9.25. The van der Waals surface area contributed by atoms with Crippen LogP contribution in [0, 0.1) is 10.8 Å². The summed E-state index contributed by atoms with van der Waals surface area (Å²) >= 11 is 0. The first-order valence-corrected chi connectivity index (χ1v) is 25.8. The van der Waals surface area contributed by atoms with E-state index in [-0.39, 0.29) is 35.1 Å². The fourth-order valence-electron chi connectivity index (χ4n) is 11.7. The molecule has 372 valence electrons. The van der Waals surface area contributed by atoms with Gasteiger partial charge in [0.1, 0.15) is 37.4 Å². The Morgan fingerprint density at radius 3 is 1.21 bits per heavy atom. The zero-order valence-corrected chi connectivity index (χ0v) is 41.0. The third-order valence-electron chi connectivity index (χ3n) is 16.2. The van der Waals surface area contributed by atoms with E-state index < -0.39 is 0 Å². The quantitative estimate of drug-likeness (QED) is 0.116. The Morgan fingerprint density at radius 1 is 0.472 bits per heavy atom. The number of amides is 2. The number of rotatable bonds is 12. The summed E-state index contributed by atoms with van der Waals surface area (Å²) in [4.78, 5) is 52.0. The van der Waals surface area contributed by atoms with Crippen molar-refractivity contribution in [3.8, 4) is 11.5 Å². The van der Waals surface area contributed by atoms with E-state index in [2.05, 4.69) is 103 Å². The summed E-state index contributed by atoms with van der Waals surface area (Å²) in [6.07, 6.45) is 18.0. The maximum absolute atomic E-state index is 13.5. The molecule has 6 saturated heterocycles. The smallest absolute Gasteiger partial charge is 0.410 e. The summed E-state index contributed by atoms with van der Waals surface area (Å²) in [6, 6.07) is 32.6. The van der Waals surface area contributed by atoms with Crippen molar-refractivity contribution in [1.82, 2.24) is 39.5 Å². The molecule has 8 aliphatic heterocycles. The second-order valence-corrected chi connectivity index (χ2v) is 20.6. The number of hydrogen-bond donors (Lipinski definition) is 0. The van der Waals surface area contributed by atoms with Gasteiger partial charge in [0.05, 0.1) is 25.3 Å². The molecule has 2 atom stereocenters. The van der Waals surface area contributed by atoms with Crippen molar-refractivity contribution in [2.45, 2.75) is 76.7 Å². The molecule has 4 aromatic carbocycles. The van der Waals surface area contributed by atoms with Crippen molar-refractivity contribution in [2.24, 2.45) is 10.8 Å². The van der Waals surface area contributed by atoms with Crippen LogP contribution in [0.1, 0.15) is 95.1 Å². The van der Waals surface area contributed by atoms with Crippen molar-refractivity contribution in [3.63, 3.8) is 0 Å². The molecular weight excluding hydrogens is 905 g/mol. The monoisotopic (exact) mass is 968 g/mol. The van der Waals surface area contributed by atoms with Gasteiger partial charge in [-0.25, -0.2) is 29.5 Å². The predicted molar refractivity (Wildman–Crippen MR) is 271 cm³/mol. The lowest BCUT2D eigenvalue weighted by Gasteiger charge is -2.48. The van der Waals surface area contributed by atoms with Crippen LogP contribution in [-0.2, 0) is 35.5 Å². The standard InChI is InChI=1S/2C29H32N4O3/c2*34-28(36-20-29-10-14-32(15-11-29)16-12-29)33-13-9-23-3-1-2-4-26(23)27(33)24-5-7-25(8-6-24)35-19-22-17-30-21-31-18-22/h2*1-8,17-18,21,27H,9-16,19-20H2/t2*27-/m10/s1. The molecule has 14 nitrogen and oxygen atoms in total. The normalized spacial score (nSPS) is 24.7. The highest BCUT2D eigenvalue weighted by Gasteiger charge is 2.43. The Morgan fingerprint density at radius 2 is 0.833 bits per heavy atom. The van der Waals surface area contributed by atoms with Gasteiger partial charge in [-0.3, -0.25) is 9.80 Å². The third kappa shape index (κ3) is 10.7. The molecule has 4 bridgehead atoms. The molecule has 0 saturated carbocycles. The molecule has 0 unspecified atom stereocenters. The molecule has 14 heteroatoms. The van der Waals surface area contributed by atoms with Crippen LogP contribution < -0.4 is 9.47 Å². The Bertz CT molecular complexity index is 2550. The van der Waals surface area contributed by atoms with E-state index in [1.165, 1.54) is 34.9 Å². The van der Waals surface area contributed by atoms with Crippen LogP contribution in [0.2, 0.25) is 0 Å². The summed E-state index contributed by atoms with van der Waals surface area (Å²) in [5.74, 6) is 1.53. The Hall–Kier alpha value is -6.90. The molecule has 10 heterocycles. The van der Waals surface area contributed by atoms with Crippen molar-refractivity contribution in [2.75, 3.05) is 65.6 Å². The number of aromatic nitrogens is 4. The summed E-state index contributed by atoms with van der Waals surface area (Å²) < 4.78 is 23.9. The van der Waals surface area contributed by atoms with Crippen LogP contribution in [0.25, 0.3) is 0 Å². The number of benzene rings is 4. The maximum atomic E-state index is 13.5. The van der Waals surface area contributed by atoms with Crippen LogP contribution >= 0.6 is 0 Å². The van der Waals surface area contributed by atoms with E-state index in [0.717, 1.165) is 124 Å². The molecule has 0 aliphatic carbocycles. The van der Waals surface area contributed by atoms with E-state index >= 15 is 0 Å². The second kappa shape index (κ2) is 21.4. The van der Waals surface area contributed by atoms with Crippen LogP contribution in [0.3, 0.4) is 0 Å². The minimum absolute atomic E-state index is 0.163. The number of carbonyl (C=O) groups is 2. The lowest BCUT2D eigenvalue weighted by atomic mass is 9.73. The highest BCUT2D eigenvalue weighted by Crippen LogP contribution is 2.43. The van der Waals surface area contributed by atoms with E-state index in [1.54, 1.807) is 24.8 Å². The van der Waals surface area contributed by atoms with Crippen molar-refractivity contribution in [1.29, 1.82) is 0 Å². The minimum Gasteiger partial charge on any atom is -0.489 e. The van der Waals surface area contributed by atoms with Crippen LogP contribution in [0.15, 0.2) is 135 Å². The number of carbonyl (C=O) groups excluding carboxylic acids is 2. The highest BCUT2D eigenvalue weighted by molar-refractivity contribution is 5.71. The molecule has 6 aromatic rings. The van der Waals surface area contributed by atoms with E-state index in [4.69, 9.17) is 18.9 Å². The summed E-state index contributed by atoms with van der Waals surface area (Å²) in [6.45, 7) is 9.93. The molecule has 2 aromatic heterocycles. The number of piperidine rings is 6.